The van der Waals surface area contributed by atoms with Crippen LogP contribution in [-0.4, -0.2) is 37.6 Å². The summed E-state index contributed by atoms with van der Waals surface area (Å²) in [5.41, 5.74) is -0.165. The fourth-order valence-corrected chi connectivity index (χ4v) is 2.87. The van der Waals surface area contributed by atoms with Crippen molar-refractivity contribution >= 4 is 5.96 Å². The van der Waals surface area contributed by atoms with Crippen molar-refractivity contribution in [1.29, 1.82) is 0 Å². The van der Waals surface area contributed by atoms with Gasteiger partial charge in [-0.05, 0) is 29.8 Å². The number of nitrogens with one attached hydrogen (secondary N) is 1. The van der Waals surface area contributed by atoms with Crippen LogP contribution in [0.25, 0.3) is 0 Å². The minimum absolute atomic E-state index is 0.405. The standard InChI is InChI=1S/C18H20F3N3O2/c1-22-17(23-11-15-6-3-8-25-15)24-7-9-26-16(12-24)13-4-2-5-14(10-13)18(19,20)21/h2-6,8,10,16H,7,9,11-12H2,1H3,(H,22,23). The zero-order valence-corrected chi connectivity index (χ0v) is 14.3. The lowest BCUT2D eigenvalue weighted by Crippen LogP contribution is -2.47. The molecule has 1 aromatic heterocycles. The highest BCUT2D eigenvalue weighted by Crippen LogP contribution is 2.32. The highest BCUT2D eigenvalue weighted by Gasteiger charge is 2.32. The van der Waals surface area contributed by atoms with Crippen molar-refractivity contribution in [3.05, 3.63) is 59.5 Å². The molecule has 0 saturated carbocycles. The number of furan rings is 1. The molecule has 1 saturated heterocycles. The number of rotatable bonds is 3. The molecule has 2 aromatic rings. The number of hydrogen-bond donors (Lipinski definition) is 1. The van der Waals surface area contributed by atoms with Crippen LogP contribution in [0.15, 0.2) is 52.1 Å². The van der Waals surface area contributed by atoms with E-state index in [0.717, 1.165) is 17.9 Å². The maximum absolute atomic E-state index is 12.9. The van der Waals surface area contributed by atoms with Crippen molar-refractivity contribution in [2.24, 2.45) is 4.99 Å². The highest BCUT2D eigenvalue weighted by atomic mass is 19.4. The molecule has 1 aromatic carbocycles. The number of hydrogen-bond acceptors (Lipinski definition) is 3. The maximum atomic E-state index is 12.9. The van der Waals surface area contributed by atoms with Crippen LogP contribution in [0.1, 0.15) is 23.0 Å². The largest absolute Gasteiger partial charge is 0.467 e. The van der Waals surface area contributed by atoms with Crippen LogP contribution < -0.4 is 5.32 Å². The second-order valence-corrected chi connectivity index (χ2v) is 5.91. The zero-order valence-electron chi connectivity index (χ0n) is 14.3. The highest BCUT2D eigenvalue weighted by molar-refractivity contribution is 5.80. The van der Waals surface area contributed by atoms with Crippen LogP contribution >= 0.6 is 0 Å². The van der Waals surface area contributed by atoms with Gasteiger partial charge < -0.3 is 19.4 Å². The van der Waals surface area contributed by atoms with Gasteiger partial charge in [0.1, 0.15) is 11.9 Å². The van der Waals surface area contributed by atoms with Crippen LogP contribution in [0.2, 0.25) is 0 Å². The van der Waals surface area contributed by atoms with E-state index >= 15 is 0 Å². The summed E-state index contributed by atoms with van der Waals surface area (Å²) in [6.45, 7) is 1.90. The van der Waals surface area contributed by atoms with Gasteiger partial charge in [-0.1, -0.05) is 12.1 Å². The summed E-state index contributed by atoms with van der Waals surface area (Å²) in [6.07, 6.45) is -3.23. The summed E-state index contributed by atoms with van der Waals surface area (Å²) >= 11 is 0. The van der Waals surface area contributed by atoms with E-state index in [-0.39, 0.29) is 0 Å². The van der Waals surface area contributed by atoms with E-state index in [1.807, 2.05) is 11.0 Å². The van der Waals surface area contributed by atoms with E-state index in [1.54, 1.807) is 25.4 Å². The van der Waals surface area contributed by atoms with Crippen LogP contribution in [0, 0.1) is 0 Å². The molecule has 8 heteroatoms. The Labute approximate surface area is 149 Å². The number of aliphatic imine (C=N–C) groups is 1. The van der Waals surface area contributed by atoms with Gasteiger partial charge in [-0.3, -0.25) is 4.99 Å². The van der Waals surface area contributed by atoms with Crippen LogP contribution in [0.3, 0.4) is 0 Å². The second kappa shape index (κ2) is 7.82. The Kier molecular flexibility index (Phi) is 5.51. The van der Waals surface area contributed by atoms with Crippen molar-refractivity contribution < 1.29 is 22.3 Å². The van der Waals surface area contributed by atoms with Crippen LogP contribution in [0.5, 0.6) is 0 Å². The monoisotopic (exact) mass is 367 g/mol. The molecule has 1 N–H and O–H groups in total. The van der Waals surface area contributed by atoms with Crippen molar-refractivity contribution in [2.75, 3.05) is 26.7 Å². The van der Waals surface area contributed by atoms with Crippen molar-refractivity contribution in [3.63, 3.8) is 0 Å². The first kappa shape index (κ1) is 18.3. The van der Waals surface area contributed by atoms with E-state index in [4.69, 9.17) is 9.15 Å². The number of halogens is 3. The van der Waals surface area contributed by atoms with Crippen LogP contribution in [0.4, 0.5) is 13.2 Å². The van der Waals surface area contributed by atoms with E-state index in [1.165, 1.54) is 6.07 Å². The SMILES string of the molecule is CN=C(NCc1ccco1)N1CCOC(c2cccc(C(F)(F)F)c2)C1. The third-order valence-corrected chi connectivity index (χ3v) is 4.16. The fourth-order valence-electron chi connectivity index (χ4n) is 2.87. The molecule has 1 aliphatic rings. The number of nitrogens with zero attached hydrogens (tertiary/aromatic N) is 2. The van der Waals surface area contributed by atoms with E-state index in [2.05, 4.69) is 10.3 Å². The first-order valence-corrected chi connectivity index (χ1v) is 8.24. The average Bonchev–Trinajstić information content (AvgIpc) is 3.15. The van der Waals surface area contributed by atoms with Crippen molar-refractivity contribution in [3.8, 4) is 0 Å². The lowest BCUT2D eigenvalue weighted by Gasteiger charge is -2.35. The maximum Gasteiger partial charge on any atom is 0.416 e. The molecule has 1 aliphatic heterocycles. The van der Waals surface area contributed by atoms with E-state index < -0.39 is 17.8 Å². The lowest BCUT2D eigenvalue weighted by atomic mass is 10.0. The first-order valence-electron chi connectivity index (χ1n) is 8.24. The van der Waals surface area contributed by atoms with Gasteiger partial charge in [0.2, 0.25) is 0 Å². The van der Waals surface area contributed by atoms with Gasteiger partial charge in [-0.2, -0.15) is 13.2 Å². The number of morpholine rings is 1. The molecule has 1 unspecified atom stereocenters. The summed E-state index contributed by atoms with van der Waals surface area (Å²) in [6, 6.07) is 8.93. The molecule has 0 aliphatic carbocycles. The summed E-state index contributed by atoms with van der Waals surface area (Å²) in [4.78, 5) is 6.22. The molecule has 5 nitrogen and oxygen atoms in total. The van der Waals surface area contributed by atoms with Crippen molar-refractivity contribution in [2.45, 2.75) is 18.8 Å². The molecule has 1 atom stereocenters. The third kappa shape index (κ3) is 4.37. The summed E-state index contributed by atoms with van der Waals surface area (Å²) < 4.78 is 49.8. The Bertz CT molecular complexity index is 744. The Morgan fingerprint density at radius 1 is 1.31 bits per heavy atom. The molecule has 140 valence electrons. The molecule has 0 radical (unpaired) electrons. The van der Waals surface area contributed by atoms with E-state index in [0.29, 0.717) is 37.8 Å². The molecule has 1 fully saturated rings. The fraction of sp³-hybridized carbons (Fsp3) is 0.389. The van der Waals surface area contributed by atoms with Crippen LogP contribution in [-0.2, 0) is 17.5 Å². The third-order valence-electron chi connectivity index (χ3n) is 4.16. The molecule has 26 heavy (non-hydrogen) atoms. The Morgan fingerprint density at radius 3 is 2.85 bits per heavy atom. The van der Waals surface area contributed by atoms with E-state index in [9.17, 15) is 13.2 Å². The van der Waals surface area contributed by atoms with Crippen molar-refractivity contribution in [1.82, 2.24) is 10.2 Å². The smallest absolute Gasteiger partial charge is 0.416 e. The van der Waals surface area contributed by atoms with Gasteiger partial charge >= 0.3 is 6.18 Å². The number of ether oxygens (including phenoxy) is 1. The predicted molar refractivity (Wildman–Crippen MR) is 90.6 cm³/mol. The predicted octanol–water partition coefficient (Wildman–Crippen LogP) is 3.45. The van der Waals surface area contributed by atoms with Gasteiger partial charge in [-0.15, -0.1) is 0 Å². The topological polar surface area (TPSA) is 50.0 Å². The van der Waals surface area contributed by atoms with Gasteiger partial charge in [0, 0.05) is 13.6 Å². The van der Waals surface area contributed by atoms with Gasteiger partial charge in [0.15, 0.2) is 5.96 Å². The zero-order chi connectivity index (χ0) is 18.6. The van der Waals surface area contributed by atoms with Gasteiger partial charge in [0.25, 0.3) is 0 Å². The lowest BCUT2D eigenvalue weighted by molar-refractivity contribution is -0.137. The average molecular weight is 367 g/mol. The second-order valence-electron chi connectivity index (χ2n) is 5.91. The molecule has 0 spiro atoms. The van der Waals surface area contributed by atoms with Gasteiger partial charge in [0.05, 0.1) is 31.5 Å². The summed E-state index contributed by atoms with van der Waals surface area (Å²) in [5, 5.41) is 3.20. The minimum atomic E-state index is -4.37. The molecule has 2 heterocycles. The minimum Gasteiger partial charge on any atom is -0.467 e. The summed E-state index contributed by atoms with van der Waals surface area (Å²) in [7, 11) is 1.67. The molecule has 3 rings (SSSR count). The normalized spacial score (nSPS) is 18.8. The number of benzene rings is 1. The Balaban J connectivity index is 1.68. The first-order chi connectivity index (χ1) is 12.5. The molecule has 0 bridgehead atoms. The summed E-state index contributed by atoms with van der Waals surface area (Å²) in [5.74, 6) is 1.43. The molecular formula is C18H20F3N3O2. The molecule has 0 amide bonds. The number of alkyl halides is 3. The number of guanidine groups is 1. The molecular weight excluding hydrogens is 347 g/mol. The quantitative estimate of drug-likeness (QED) is 0.667. The van der Waals surface area contributed by atoms with Gasteiger partial charge in [-0.25, -0.2) is 0 Å². The Morgan fingerprint density at radius 2 is 2.15 bits per heavy atom. The Hall–Kier alpha value is -2.48.